The van der Waals surface area contributed by atoms with Gasteiger partial charge >= 0.3 is 0 Å². The molecule has 1 aromatic heterocycles. The van der Waals surface area contributed by atoms with Crippen LogP contribution >= 0.6 is 0 Å². The van der Waals surface area contributed by atoms with E-state index in [0.717, 1.165) is 62.5 Å². The molecule has 0 saturated carbocycles. The zero-order valence-corrected chi connectivity index (χ0v) is 18.5. The van der Waals surface area contributed by atoms with Gasteiger partial charge in [-0.3, -0.25) is 4.98 Å². The van der Waals surface area contributed by atoms with Crippen molar-refractivity contribution in [1.82, 2.24) is 4.98 Å². The first-order valence-corrected chi connectivity index (χ1v) is 11.6. The van der Waals surface area contributed by atoms with Crippen molar-refractivity contribution in [2.24, 2.45) is 0 Å². The van der Waals surface area contributed by atoms with Crippen LogP contribution in [0.3, 0.4) is 0 Å². The molecule has 3 nitrogen and oxygen atoms in total. The zero-order chi connectivity index (χ0) is 20.6. The third-order valence-electron chi connectivity index (χ3n) is 5.14. The van der Waals surface area contributed by atoms with Crippen molar-refractivity contribution in [3.05, 3.63) is 48.2 Å². The van der Waals surface area contributed by atoms with Crippen molar-refractivity contribution >= 4 is 0 Å². The van der Waals surface area contributed by atoms with Crippen molar-refractivity contribution < 1.29 is 9.47 Å². The van der Waals surface area contributed by atoms with E-state index in [1.165, 1.54) is 44.1 Å². The lowest BCUT2D eigenvalue weighted by molar-refractivity contribution is 0.123. The highest BCUT2D eigenvalue weighted by Gasteiger charge is 2.02. The maximum absolute atomic E-state index is 5.84. The summed E-state index contributed by atoms with van der Waals surface area (Å²) in [7, 11) is 0. The Labute approximate surface area is 177 Å². The highest BCUT2D eigenvalue weighted by molar-refractivity contribution is 5.60. The molecular weight excluding hydrogens is 358 g/mol. The summed E-state index contributed by atoms with van der Waals surface area (Å²) in [6, 6.07) is 12.6. The number of aromatic nitrogens is 1. The van der Waals surface area contributed by atoms with E-state index in [1.807, 2.05) is 18.3 Å². The minimum atomic E-state index is 0.738. The molecule has 0 saturated heterocycles. The Bertz CT molecular complexity index is 637. The number of unbranched alkanes of at least 4 members (excludes halogenated alkanes) is 6. The fourth-order valence-corrected chi connectivity index (χ4v) is 3.24. The van der Waals surface area contributed by atoms with Crippen LogP contribution in [-0.4, -0.2) is 24.8 Å². The minimum Gasteiger partial charge on any atom is -0.494 e. The van der Waals surface area contributed by atoms with Gasteiger partial charge in [-0.05, 0) is 68.0 Å². The monoisotopic (exact) mass is 397 g/mol. The fourth-order valence-electron chi connectivity index (χ4n) is 3.24. The van der Waals surface area contributed by atoms with Crippen LogP contribution in [0.1, 0.15) is 77.2 Å². The molecule has 29 heavy (non-hydrogen) atoms. The molecule has 2 aromatic rings. The summed E-state index contributed by atoms with van der Waals surface area (Å²) >= 11 is 0. The van der Waals surface area contributed by atoms with E-state index in [0.29, 0.717) is 0 Å². The Morgan fingerprint density at radius 2 is 1.41 bits per heavy atom. The number of aryl methyl sites for hydroxylation is 1. The van der Waals surface area contributed by atoms with Crippen LogP contribution in [0.5, 0.6) is 5.75 Å². The van der Waals surface area contributed by atoms with Gasteiger partial charge in [-0.2, -0.15) is 0 Å². The molecule has 0 radical (unpaired) electrons. The van der Waals surface area contributed by atoms with Crippen LogP contribution in [0.25, 0.3) is 11.3 Å². The molecule has 0 atom stereocenters. The normalized spacial score (nSPS) is 11.0. The lowest BCUT2D eigenvalue weighted by atomic mass is 10.1. The Balaban J connectivity index is 1.67. The third kappa shape index (κ3) is 9.94. The second kappa shape index (κ2) is 15.0. The topological polar surface area (TPSA) is 31.4 Å². The summed E-state index contributed by atoms with van der Waals surface area (Å²) in [4.78, 5) is 4.66. The Hall–Kier alpha value is -1.87. The maximum Gasteiger partial charge on any atom is 0.119 e. The summed E-state index contributed by atoms with van der Waals surface area (Å²) in [5.74, 6) is 0.921. The van der Waals surface area contributed by atoms with Crippen molar-refractivity contribution in [2.75, 3.05) is 19.8 Å². The number of hydrogen-bond acceptors (Lipinski definition) is 3. The van der Waals surface area contributed by atoms with Gasteiger partial charge in [0.1, 0.15) is 5.75 Å². The lowest BCUT2D eigenvalue weighted by Gasteiger charge is -2.08. The van der Waals surface area contributed by atoms with Crippen LogP contribution in [0, 0.1) is 0 Å². The maximum atomic E-state index is 5.84. The summed E-state index contributed by atoms with van der Waals surface area (Å²) in [5, 5.41) is 0. The van der Waals surface area contributed by atoms with Gasteiger partial charge in [0.15, 0.2) is 0 Å². The predicted molar refractivity (Wildman–Crippen MR) is 123 cm³/mol. The highest BCUT2D eigenvalue weighted by Crippen LogP contribution is 2.21. The van der Waals surface area contributed by atoms with Crippen LogP contribution < -0.4 is 4.74 Å². The largest absolute Gasteiger partial charge is 0.494 e. The van der Waals surface area contributed by atoms with Gasteiger partial charge in [-0.1, -0.05) is 52.0 Å². The molecule has 0 aliphatic heterocycles. The van der Waals surface area contributed by atoms with Gasteiger partial charge < -0.3 is 9.47 Å². The minimum absolute atomic E-state index is 0.738. The van der Waals surface area contributed by atoms with Crippen LogP contribution in [0.15, 0.2) is 42.6 Å². The van der Waals surface area contributed by atoms with Gasteiger partial charge in [-0.25, -0.2) is 0 Å². The number of hydrogen-bond donors (Lipinski definition) is 0. The molecule has 0 aliphatic carbocycles. The first-order valence-electron chi connectivity index (χ1n) is 11.6. The molecule has 0 N–H and O–H groups in total. The smallest absolute Gasteiger partial charge is 0.119 e. The number of benzene rings is 1. The SMILES string of the molecule is CCCCCCCc1ccc(-c2ccc(OCCCCOCCCC)cc2)nc1. The molecule has 0 bridgehead atoms. The summed E-state index contributed by atoms with van der Waals surface area (Å²) in [6.07, 6.45) is 14.2. The van der Waals surface area contributed by atoms with Crippen LogP contribution in [-0.2, 0) is 11.2 Å². The first-order chi connectivity index (χ1) is 14.3. The van der Waals surface area contributed by atoms with Crippen molar-refractivity contribution in [3.63, 3.8) is 0 Å². The molecule has 0 fully saturated rings. The molecule has 160 valence electrons. The average Bonchev–Trinajstić information content (AvgIpc) is 2.76. The molecule has 1 aromatic carbocycles. The Morgan fingerprint density at radius 1 is 0.690 bits per heavy atom. The van der Waals surface area contributed by atoms with E-state index in [9.17, 15) is 0 Å². The van der Waals surface area contributed by atoms with Crippen LogP contribution in [0.2, 0.25) is 0 Å². The van der Waals surface area contributed by atoms with E-state index in [1.54, 1.807) is 0 Å². The van der Waals surface area contributed by atoms with E-state index < -0.39 is 0 Å². The molecule has 3 heteroatoms. The zero-order valence-electron chi connectivity index (χ0n) is 18.5. The third-order valence-corrected chi connectivity index (χ3v) is 5.14. The van der Waals surface area contributed by atoms with E-state index in [2.05, 4.69) is 43.1 Å². The van der Waals surface area contributed by atoms with Gasteiger partial charge in [0, 0.05) is 25.0 Å². The number of rotatable bonds is 16. The van der Waals surface area contributed by atoms with Crippen molar-refractivity contribution in [3.8, 4) is 17.0 Å². The first kappa shape index (κ1) is 23.4. The standard InChI is InChI=1S/C26H39NO2/c1-3-5-7-8-9-12-23-13-18-26(27-22-23)24-14-16-25(17-15-24)29-21-11-10-20-28-19-6-4-2/h13-18,22H,3-12,19-21H2,1-2H3. The number of pyridine rings is 1. The Morgan fingerprint density at radius 3 is 2.14 bits per heavy atom. The van der Waals surface area contributed by atoms with Gasteiger partial charge in [0.25, 0.3) is 0 Å². The van der Waals surface area contributed by atoms with Gasteiger partial charge in [0.05, 0.1) is 12.3 Å². The van der Waals surface area contributed by atoms with Gasteiger partial charge in [-0.15, -0.1) is 0 Å². The second-order valence-electron chi connectivity index (χ2n) is 7.76. The summed E-state index contributed by atoms with van der Waals surface area (Å²) in [5.41, 5.74) is 3.50. The summed E-state index contributed by atoms with van der Waals surface area (Å²) in [6.45, 7) is 6.90. The predicted octanol–water partition coefficient (Wildman–Crippen LogP) is 7.24. The lowest BCUT2D eigenvalue weighted by Crippen LogP contribution is -2.01. The molecule has 0 unspecified atom stereocenters. The summed E-state index contributed by atoms with van der Waals surface area (Å²) < 4.78 is 11.4. The quantitative estimate of drug-likeness (QED) is 0.280. The number of ether oxygens (including phenoxy) is 2. The van der Waals surface area contributed by atoms with E-state index in [4.69, 9.17) is 9.47 Å². The van der Waals surface area contributed by atoms with Crippen molar-refractivity contribution in [2.45, 2.75) is 78.1 Å². The number of nitrogens with zero attached hydrogens (tertiary/aromatic N) is 1. The van der Waals surface area contributed by atoms with Crippen LogP contribution in [0.4, 0.5) is 0 Å². The molecule has 1 heterocycles. The highest BCUT2D eigenvalue weighted by atomic mass is 16.5. The fraction of sp³-hybridized carbons (Fsp3) is 0.577. The molecule has 0 spiro atoms. The average molecular weight is 398 g/mol. The van der Waals surface area contributed by atoms with Crippen molar-refractivity contribution in [1.29, 1.82) is 0 Å². The molecule has 0 aliphatic rings. The molecule has 0 amide bonds. The Kier molecular flexibility index (Phi) is 12.1. The second-order valence-corrected chi connectivity index (χ2v) is 7.76. The van der Waals surface area contributed by atoms with E-state index in [-0.39, 0.29) is 0 Å². The molecule has 2 rings (SSSR count). The van der Waals surface area contributed by atoms with E-state index >= 15 is 0 Å². The molecular formula is C26H39NO2. The van der Waals surface area contributed by atoms with Gasteiger partial charge in [0.2, 0.25) is 0 Å².